The zero-order valence-corrected chi connectivity index (χ0v) is 13.0. The van der Waals surface area contributed by atoms with E-state index in [9.17, 15) is 13.2 Å². The van der Waals surface area contributed by atoms with Crippen LogP contribution in [0.3, 0.4) is 0 Å². The van der Waals surface area contributed by atoms with E-state index in [0.717, 1.165) is 43.8 Å². The molecule has 1 aromatic rings. The summed E-state index contributed by atoms with van der Waals surface area (Å²) in [5.41, 5.74) is 0.343. The van der Waals surface area contributed by atoms with Crippen LogP contribution in [0, 0.1) is 0 Å². The zero-order valence-electron chi connectivity index (χ0n) is 10.6. The topological polar surface area (TPSA) is 24.1 Å². The van der Waals surface area contributed by atoms with Crippen molar-refractivity contribution in [1.29, 1.82) is 0 Å². The van der Waals surface area contributed by atoms with Gasteiger partial charge < -0.3 is 10.6 Å². The first kappa shape index (κ1) is 22.1. The molecule has 118 valence electrons. The standard InChI is InChI=1S/C12H15F3N2.3ClH/c13-12(14,15)10-3-1-9(2-4-10)7-11-8-16-5-6-17-11;;;/h1-4,11,16-17H,5-8H2;3*1H. The Balaban J connectivity index is 0. The molecule has 0 aromatic heterocycles. The van der Waals surface area contributed by atoms with Gasteiger partial charge in [-0.15, -0.1) is 37.2 Å². The van der Waals surface area contributed by atoms with Gasteiger partial charge in [-0.1, -0.05) is 12.1 Å². The minimum absolute atomic E-state index is 0. The van der Waals surface area contributed by atoms with Crippen molar-refractivity contribution in [2.24, 2.45) is 0 Å². The second-order valence-electron chi connectivity index (χ2n) is 4.25. The highest BCUT2D eigenvalue weighted by Crippen LogP contribution is 2.29. The van der Waals surface area contributed by atoms with Crippen molar-refractivity contribution in [1.82, 2.24) is 10.6 Å². The second-order valence-corrected chi connectivity index (χ2v) is 4.25. The molecular formula is C12H18Cl3F3N2. The first-order valence-electron chi connectivity index (χ1n) is 5.66. The van der Waals surface area contributed by atoms with Gasteiger partial charge in [0.05, 0.1) is 5.56 Å². The van der Waals surface area contributed by atoms with Crippen LogP contribution in [0.1, 0.15) is 11.1 Å². The summed E-state index contributed by atoms with van der Waals surface area (Å²) >= 11 is 0. The van der Waals surface area contributed by atoms with Gasteiger partial charge in [0.15, 0.2) is 0 Å². The molecular weight excluding hydrogens is 335 g/mol. The van der Waals surface area contributed by atoms with Crippen molar-refractivity contribution >= 4 is 37.2 Å². The van der Waals surface area contributed by atoms with E-state index in [-0.39, 0.29) is 37.2 Å². The van der Waals surface area contributed by atoms with Crippen LogP contribution < -0.4 is 10.6 Å². The lowest BCUT2D eigenvalue weighted by molar-refractivity contribution is -0.137. The van der Waals surface area contributed by atoms with Crippen LogP contribution in [0.4, 0.5) is 13.2 Å². The fraction of sp³-hybridized carbons (Fsp3) is 0.500. The Morgan fingerprint density at radius 2 is 1.60 bits per heavy atom. The van der Waals surface area contributed by atoms with E-state index in [4.69, 9.17) is 0 Å². The van der Waals surface area contributed by atoms with Crippen LogP contribution >= 0.6 is 37.2 Å². The third-order valence-corrected chi connectivity index (χ3v) is 2.89. The Kier molecular flexibility index (Phi) is 10.7. The molecule has 2 rings (SSSR count). The number of rotatable bonds is 2. The summed E-state index contributed by atoms with van der Waals surface area (Å²) in [4.78, 5) is 0. The molecule has 1 fully saturated rings. The third kappa shape index (κ3) is 6.50. The predicted octanol–water partition coefficient (Wildman–Crippen LogP) is 3.07. The van der Waals surface area contributed by atoms with Crippen molar-refractivity contribution in [2.75, 3.05) is 19.6 Å². The summed E-state index contributed by atoms with van der Waals surface area (Å²) in [5, 5.41) is 6.58. The van der Waals surface area contributed by atoms with Crippen LogP contribution in [-0.2, 0) is 12.6 Å². The van der Waals surface area contributed by atoms with Gasteiger partial charge in [0.2, 0.25) is 0 Å². The molecule has 1 saturated heterocycles. The summed E-state index contributed by atoms with van der Waals surface area (Å²) < 4.78 is 37.1. The number of alkyl halides is 3. The first-order chi connectivity index (χ1) is 8.05. The van der Waals surface area contributed by atoms with Gasteiger partial charge in [0.1, 0.15) is 0 Å². The molecule has 0 spiro atoms. The fourth-order valence-corrected chi connectivity index (χ4v) is 1.97. The highest BCUT2D eigenvalue weighted by atomic mass is 35.5. The van der Waals surface area contributed by atoms with Gasteiger partial charge in [-0.05, 0) is 24.1 Å². The number of nitrogens with one attached hydrogen (secondary N) is 2. The molecule has 20 heavy (non-hydrogen) atoms. The van der Waals surface area contributed by atoms with Crippen LogP contribution in [0.2, 0.25) is 0 Å². The summed E-state index contributed by atoms with van der Waals surface area (Å²) in [6, 6.07) is 5.70. The summed E-state index contributed by atoms with van der Waals surface area (Å²) in [6.45, 7) is 2.72. The lowest BCUT2D eigenvalue weighted by atomic mass is 10.0. The third-order valence-electron chi connectivity index (χ3n) is 2.89. The summed E-state index contributed by atoms with van der Waals surface area (Å²) in [5.74, 6) is 0. The average molecular weight is 354 g/mol. The molecule has 8 heteroatoms. The van der Waals surface area contributed by atoms with Crippen LogP contribution in [-0.4, -0.2) is 25.7 Å². The fourth-order valence-electron chi connectivity index (χ4n) is 1.97. The number of piperazine rings is 1. The second kappa shape index (κ2) is 9.68. The van der Waals surface area contributed by atoms with Gasteiger partial charge in [0.25, 0.3) is 0 Å². The Morgan fingerprint density at radius 3 is 2.05 bits per heavy atom. The molecule has 2 N–H and O–H groups in total. The molecule has 1 aliphatic heterocycles. The van der Waals surface area contributed by atoms with Crippen LogP contribution in [0.15, 0.2) is 24.3 Å². The summed E-state index contributed by atoms with van der Waals surface area (Å²) in [7, 11) is 0. The van der Waals surface area contributed by atoms with E-state index in [1.807, 2.05) is 0 Å². The highest BCUT2D eigenvalue weighted by molar-refractivity contribution is 5.86. The number of hydrogen-bond acceptors (Lipinski definition) is 2. The molecule has 1 aliphatic rings. The van der Waals surface area contributed by atoms with Gasteiger partial charge in [-0.2, -0.15) is 13.2 Å². The Bertz CT molecular complexity index is 365. The lowest BCUT2D eigenvalue weighted by Crippen LogP contribution is -2.49. The number of benzene rings is 1. The maximum Gasteiger partial charge on any atom is 0.416 e. The molecule has 1 unspecified atom stereocenters. The Hall–Kier alpha value is -0.200. The zero-order chi connectivity index (χ0) is 12.3. The molecule has 1 aromatic carbocycles. The summed E-state index contributed by atoms with van der Waals surface area (Å²) in [6.07, 6.45) is -3.49. The van der Waals surface area contributed by atoms with Crippen LogP contribution in [0.5, 0.6) is 0 Å². The minimum atomic E-state index is -4.25. The Labute approximate surface area is 135 Å². The molecule has 2 nitrogen and oxygen atoms in total. The normalized spacial score (nSPS) is 18.2. The van der Waals surface area contributed by atoms with E-state index in [2.05, 4.69) is 10.6 Å². The molecule has 1 atom stereocenters. The smallest absolute Gasteiger partial charge is 0.314 e. The van der Waals surface area contributed by atoms with E-state index >= 15 is 0 Å². The van der Waals surface area contributed by atoms with E-state index in [0.29, 0.717) is 6.04 Å². The maximum atomic E-state index is 12.4. The number of hydrogen-bond donors (Lipinski definition) is 2. The van der Waals surface area contributed by atoms with E-state index in [1.54, 1.807) is 12.1 Å². The van der Waals surface area contributed by atoms with Crippen molar-refractivity contribution in [3.05, 3.63) is 35.4 Å². The van der Waals surface area contributed by atoms with Crippen molar-refractivity contribution in [3.63, 3.8) is 0 Å². The van der Waals surface area contributed by atoms with Gasteiger partial charge in [0, 0.05) is 25.7 Å². The first-order valence-corrected chi connectivity index (χ1v) is 5.66. The predicted molar refractivity (Wildman–Crippen MR) is 81.6 cm³/mol. The minimum Gasteiger partial charge on any atom is -0.314 e. The van der Waals surface area contributed by atoms with E-state index in [1.165, 1.54) is 0 Å². The van der Waals surface area contributed by atoms with Gasteiger partial charge >= 0.3 is 6.18 Å². The quantitative estimate of drug-likeness (QED) is 0.854. The largest absolute Gasteiger partial charge is 0.416 e. The van der Waals surface area contributed by atoms with Crippen molar-refractivity contribution in [3.8, 4) is 0 Å². The SMILES string of the molecule is Cl.Cl.Cl.FC(F)(F)c1ccc(CC2CNCCN2)cc1. The number of halogens is 6. The molecule has 0 radical (unpaired) electrons. The van der Waals surface area contributed by atoms with Gasteiger partial charge in [-0.3, -0.25) is 0 Å². The molecule has 0 aliphatic carbocycles. The van der Waals surface area contributed by atoms with Crippen molar-refractivity contribution in [2.45, 2.75) is 18.6 Å². The molecule has 0 amide bonds. The van der Waals surface area contributed by atoms with Gasteiger partial charge in [-0.25, -0.2) is 0 Å². The van der Waals surface area contributed by atoms with Crippen molar-refractivity contribution < 1.29 is 13.2 Å². The molecule has 0 bridgehead atoms. The highest BCUT2D eigenvalue weighted by Gasteiger charge is 2.29. The van der Waals surface area contributed by atoms with Crippen LogP contribution in [0.25, 0.3) is 0 Å². The Morgan fingerprint density at radius 1 is 1.00 bits per heavy atom. The molecule has 1 heterocycles. The monoisotopic (exact) mass is 352 g/mol. The molecule has 0 saturated carbocycles. The van der Waals surface area contributed by atoms with E-state index < -0.39 is 11.7 Å². The maximum absolute atomic E-state index is 12.4. The lowest BCUT2D eigenvalue weighted by Gasteiger charge is -2.24. The average Bonchev–Trinajstić information content (AvgIpc) is 2.30.